The maximum Gasteiger partial charge on any atom is 0.269 e. The SMILES string of the molecule is Cc1nn(C)cc1S(=O)(=O)Nc1ccc([N+](=O)[O-])cc1. The minimum Gasteiger partial charge on any atom is -0.280 e. The average Bonchev–Trinajstić information content (AvgIpc) is 2.69. The van der Waals surface area contributed by atoms with Crippen molar-refractivity contribution >= 4 is 21.4 Å². The van der Waals surface area contributed by atoms with Crippen LogP contribution in [0.4, 0.5) is 11.4 Å². The normalized spacial score (nSPS) is 11.3. The molecule has 106 valence electrons. The van der Waals surface area contributed by atoms with Crippen LogP contribution in [0.3, 0.4) is 0 Å². The molecule has 2 rings (SSSR count). The van der Waals surface area contributed by atoms with Gasteiger partial charge < -0.3 is 0 Å². The molecule has 0 unspecified atom stereocenters. The molecule has 0 radical (unpaired) electrons. The maximum absolute atomic E-state index is 12.2. The summed E-state index contributed by atoms with van der Waals surface area (Å²) in [6.45, 7) is 1.59. The van der Waals surface area contributed by atoms with Crippen LogP contribution in [0.25, 0.3) is 0 Å². The lowest BCUT2D eigenvalue weighted by Crippen LogP contribution is -2.13. The molecule has 0 saturated carbocycles. The predicted molar refractivity (Wildman–Crippen MR) is 71.8 cm³/mol. The van der Waals surface area contributed by atoms with Crippen molar-refractivity contribution in [2.45, 2.75) is 11.8 Å². The third-order valence-corrected chi connectivity index (χ3v) is 4.07. The monoisotopic (exact) mass is 296 g/mol. The lowest BCUT2D eigenvalue weighted by molar-refractivity contribution is -0.384. The number of anilines is 1. The largest absolute Gasteiger partial charge is 0.280 e. The maximum atomic E-state index is 12.2. The lowest BCUT2D eigenvalue weighted by atomic mass is 10.3. The Morgan fingerprint density at radius 3 is 2.35 bits per heavy atom. The number of nitro groups is 1. The molecule has 0 saturated heterocycles. The summed E-state index contributed by atoms with van der Waals surface area (Å²) in [7, 11) is -2.14. The predicted octanol–water partition coefficient (Wildman–Crippen LogP) is 1.44. The number of non-ortho nitro benzene ring substituents is 1. The molecule has 1 aromatic carbocycles. The molecule has 0 fully saturated rings. The van der Waals surface area contributed by atoms with Gasteiger partial charge in [-0.2, -0.15) is 5.10 Å². The molecule has 0 spiro atoms. The van der Waals surface area contributed by atoms with Gasteiger partial charge in [-0.1, -0.05) is 0 Å². The zero-order chi connectivity index (χ0) is 14.9. The van der Waals surface area contributed by atoms with Crippen molar-refractivity contribution in [2.75, 3.05) is 4.72 Å². The summed E-state index contributed by atoms with van der Waals surface area (Å²) in [5.41, 5.74) is 0.520. The number of rotatable bonds is 4. The van der Waals surface area contributed by atoms with E-state index in [9.17, 15) is 18.5 Å². The van der Waals surface area contributed by atoms with Crippen LogP contribution in [0.5, 0.6) is 0 Å². The fourth-order valence-electron chi connectivity index (χ4n) is 1.70. The first-order valence-corrected chi connectivity index (χ1v) is 7.05. The fraction of sp³-hybridized carbons (Fsp3) is 0.182. The number of nitrogens with one attached hydrogen (secondary N) is 1. The zero-order valence-electron chi connectivity index (χ0n) is 10.8. The average molecular weight is 296 g/mol. The second-order valence-corrected chi connectivity index (χ2v) is 5.81. The molecule has 2 aromatic rings. The minimum atomic E-state index is -3.76. The Balaban J connectivity index is 2.28. The van der Waals surface area contributed by atoms with Gasteiger partial charge in [0, 0.05) is 31.1 Å². The molecule has 9 heteroatoms. The summed E-state index contributed by atoms with van der Waals surface area (Å²) >= 11 is 0. The smallest absolute Gasteiger partial charge is 0.269 e. The van der Waals surface area contributed by atoms with Crippen LogP contribution in [0.1, 0.15) is 5.69 Å². The molecule has 0 atom stereocenters. The Labute approximate surface area is 115 Å². The van der Waals surface area contributed by atoms with Crippen molar-refractivity contribution in [2.24, 2.45) is 7.05 Å². The second kappa shape index (κ2) is 4.93. The quantitative estimate of drug-likeness (QED) is 0.678. The number of sulfonamides is 1. The Morgan fingerprint density at radius 2 is 1.90 bits per heavy atom. The molecule has 8 nitrogen and oxygen atoms in total. The molecule has 1 heterocycles. The van der Waals surface area contributed by atoms with Gasteiger partial charge in [0.25, 0.3) is 15.7 Å². The number of nitrogens with zero attached hydrogens (tertiary/aromatic N) is 3. The van der Waals surface area contributed by atoms with Gasteiger partial charge >= 0.3 is 0 Å². The van der Waals surface area contributed by atoms with Crippen LogP contribution in [-0.2, 0) is 17.1 Å². The summed E-state index contributed by atoms with van der Waals surface area (Å²) in [6.07, 6.45) is 1.39. The van der Waals surface area contributed by atoms with E-state index in [-0.39, 0.29) is 16.3 Å². The number of aromatic nitrogens is 2. The molecular weight excluding hydrogens is 284 g/mol. The van der Waals surface area contributed by atoms with Crippen LogP contribution in [0, 0.1) is 17.0 Å². The number of nitro benzene ring substituents is 1. The summed E-state index contributed by atoms with van der Waals surface area (Å²) in [6, 6.07) is 5.13. The highest BCUT2D eigenvalue weighted by atomic mass is 32.2. The minimum absolute atomic E-state index is 0.0679. The lowest BCUT2D eigenvalue weighted by Gasteiger charge is -2.06. The van der Waals surface area contributed by atoms with Crippen molar-refractivity contribution in [1.82, 2.24) is 9.78 Å². The molecule has 0 aliphatic heterocycles. The first kappa shape index (κ1) is 14.0. The van der Waals surface area contributed by atoms with Gasteiger partial charge in [0.05, 0.1) is 10.6 Å². The molecule has 1 aromatic heterocycles. The van der Waals surface area contributed by atoms with Crippen LogP contribution in [0.15, 0.2) is 35.4 Å². The summed E-state index contributed by atoms with van der Waals surface area (Å²) in [5, 5.41) is 14.5. The third-order valence-electron chi connectivity index (χ3n) is 2.59. The third kappa shape index (κ3) is 2.77. The molecular formula is C11H12N4O4S. The van der Waals surface area contributed by atoms with Crippen LogP contribution >= 0.6 is 0 Å². The van der Waals surface area contributed by atoms with E-state index in [0.29, 0.717) is 5.69 Å². The van der Waals surface area contributed by atoms with Gasteiger partial charge in [-0.25, -0.2) is 8.42 Å². The molecule has 1 N–H and O–H groups in total. The second-order valence-electron chi connectivity index (χ2n) is 4.16. The highest BCUT2D eigenvalue weighted by Gasteiger charge is 2.20. The zero-order valence-corrected chi connectivity index (χ0v) is 11.6. The highest BCUT2D eigenvalue weighted by molar-refractivity contribution is 7.92. The highest BCUT2D eigenvalue weighted by Crippen LogP contribution is 2.20. The van der Waals surface area contributed by atoms with Crippen LogP contribution in [0.2, 0.25) is 0 Å². The van der Waals surface area contributed by atoms with Gasteiger partial charge in [-0.05, 0) is 19.1 Å². The number of aryl methyl sites for hydroxylation is 2. The molecule has 20 heavy (non-hydrogen) atoms. The number of hydrogen-bond donors (Lipinski definition) is 1. The van der Waals surface area contributed by atoms with Crippen LogP contribution < -0.4 is 4.72 Å². The Kier molecular flexibility index (Phi) is 3.45. The Morgan fingerprint density at radius 1 is 1.30 bits per heavy atom. The van der Waals surface area contributed by atoms with Crippen molar-refractivity contribution in [1.29, 1.82) is 0 Å². The van der Waals surface area contributed by atoms with E-state index in [4.69, 9.17) is 0 Å². The van der Waals surface area contributed by atoms with E-state index in [1.54, 1.807) is 14.0 Å². The summed E-state index contributed by atoms with van der Waals surface area (Å²) in [5.74, 6) is 0. The molecule has 0 aliphatic carbocycles. The first-order valence-electron chi connectivity index (χ1n) is 5.57. The van der Waals surface area contributed by atoms with Gasteiger partial charge in [0.1, 0.15) is 4.90 Å². The number of benzene rings is 1. The van der Waals surface area contributed by atoms with E-state index >= 15 is 0 Å². The summed E-state index contributed by atoms with van der Waals surface area (Å²) < 4.78 is 28.1. The van der Waals surface area contributed by atoms with Crippen molar-refractivity contribution < 1.29 is 13.3 Å². The van der Waals surface area contributed by atoms with Gasteiger partial charge in [-0.3, -0.25) is 19.5 Å². The Bertz CT molecular complexity index is 749. The van der Waals surface area contributed by atoms with E-state index in [1.807, 2.05) is 0 Å². The molecule has 0 bridgehead atoms. The van der Waals surface area contributed by atoms with Gasteiger partial charge in [0.15, 0.2) is 0 Å². The van der Waals surface area contributed by atoms with Crippen molar-refractivity contribution in [3.05, 3.63) is 46.3 Å². The van der Waals surface area contributed by atoms with E-state index in [1.165, 1.54) is 35.1 Å². The van der Waals surface area contributed by atoms with E-state index in [0.717, 1.165) is 0 Å². The van der Waals surface area contributed by atoms with Crippen molar-refractivity contribution in [3.63, 3.8) is 0 Å². The van der Waals surface area contributed by atoms with E-state index < -0.39 is 14.9 Å². The van der Waals surface area contributed by atoms with Gasteiger partial charge in [0.2, 0.25) is 0 Å². The number of hydrogen-bond acceptors (Lipinski definition) is 5. The van der Waals surface area contributed by atoms with E-state index in [2.05, 4.69) is 9.82 Å². The summed E-state index contributed by atoms with van der Waals surface area (Å²) in [4.78, 5) is 10.0. The fourth-order valence-corrected chi connectivity index (χ4v) is 2.98. The first-order chi connectivity index (χ1) is 9.29. The van der Waals surface area contributed by atoms with Gasteiger partial charge in [-0.15, -0.1) is 0 Å². The topological polar surface area (TPSA) is 107 Å². The van der Waals surface area contributed by atoms with Crippen molar-refractivity contribution in [3.8, 4) is 0 Å². The molecule has 0 amide bonds. The standard InChI is InChI=1S/C11H12N4O4S/c1-8-11(7-14(2)12-8)20(18,19)13-9-3-5-10(6-4-9)15(16)17/h3-7,13H,1-2H3. The Hall–Kier alpha value is -2.42. The molecule has 0 aliphatic rings. The van der Waals surface area contributed by atoms with Crippen LogP contribution in [-0.4, -0.2) is 23.1 Å².